The Labute approximate surface area is 225 Å². The van der Waals surface area contributed by atoms with E-state index < -0.39 is 17.9 Å². The zero-order chi connectivity index (χ0) is 27.2. The molecule has 4 rings (SSSR count). The van der Waals surface area contributed by atoms with Crippen LogP contribution in [0.5, 0.6) is 11.5 Å². The van der Waals surface area contributed by atoms with Crippen LogP contribution in [0.2, 0.25) is 0 Å². The normalized spacial score (nSPS) is 23.0. The minimum absolute atomic E-state index is 0.0189. The van der Waals surface area contributed by atoms with E-state index in [0.29, 0.717) is 50.6 Å². The number of carboxylic acid groups (broad SMARTS) is 1. The monoisotopic (exact) mass is 530 g/mol. The summed E-state index contributed by atoms with van der Waals surface area (Å²) in [4.78, 5) is 46.6. The summed E-state index contributed by atoms with van der Waals surface area (Å²) in [5, 5.41) is 10.4. The van der Waals surface area contributed by atoms with Gasteiger partial charge in [0.2, 0.25) is 18.6 Å². The fraction of sp³-hybridized carbons (Fsp3) is 0.679. The molecule has 1 aromatic rings. The van der Waals surface area contributed by atoms with Crippen LogP contribution in [0, 0.1) is 5.92 Å². The summed E-state index contributed by atoms with van der Waals surface area (Å²) < 4.78 is 11.0. The molecule has 3 aliphatic heterocycles. The van der Waals surface area contributed by atoms with E-state index in [4.69, 9.17) is 9.47 Å². The van der Waals surface area contributed by atoms with E-state index in [9.17, 15) is 19.5 Å². The molecular weight excluding hydrogens is 488 g/mol. The smallest absolute Gasteiger partial charge is 0.308 e. The molecule has 10 nitrogen and oxygen atoms in total. The van der Waals surface area contributed by atoms with Gasteiger partial charge in [-0.1, -0.05) is 19.4 Å². The van der Waals surface area contributed by atoms with E-state index >= 15 is 0 Å². The van der Waals surface area contributed by atoms with Gasteiger partial charge in [-0.2, -0.15) is 0 Å². The Hall–Kier alpha value is -2.85. The second-order valence-electron chi connectivity index (χ2n) is 10.9. The molecule has 210 valence electrons. The largest absolute Gasteiger partial charge is 0.481 e. The van der Waals surface area contributed by atoms with Crippen LogP contribution in [0.3, 0.4) is 0 Å². The topological polar surface area (TPSA) is 103 Å². The number of carbonyl (C=O) groups is 3. The van der Waals surface area contributed by atoms with Crippen molar-refractivity contribution in [1.82, 2.24) is 19.6 Å². The van der Waals surface area contributed by atoms with E-state index in [0.717, 1.165) is 37.8 Å². The second kappa shape index (κ2) is 12.8. The van der Waals surface area contributed by atoms with Crippen LogP contribution < -0.4 is 9.47 Å². The SMILES string of the molecule is CCCCN(CCCN(C)C)C(=O)CN1C[C@H](c2ccc3c(c2)OCO3)[C@@H](C(=O)O)[C@@H]1CN1CCCC1=O. The number of aliphatic carboxylic acids is 1. The first-order valence-electron chi connectivity index (χ1n) is 13.8. The number of ether oxygens (including phenoxy) is 2. The van der Waals surface area contributed by atoms with Crippen molar-refractivity contribution in [2.24, 2.45) is 5.92 Å². The second-order valence-corrected chi connectivity index (χ2v) is 10.9. The van der Waals surface area contributed by atoms with Crippen LogP contribution in [-0.4, -0.2) is 115 Å². The van der Waals surface area contributed by atoms with E-state index in [1.54, 1.807) is 4.90 Å². The molecule has 1 aromatic carbocycles. The molecule has 3 heterocycles. The molecule has 0 aliphatic carbocycles. The van der Waals surface area contributed by atoms with Crippen molar-refractivity contribution < 1.29 is 29.0 Å². The van der Waals surface area contributed by atoms with Crippen LogP contribution in [0.15, 0.2) is 18.2 Å². The van der Waals surface area contributed by atoms with E-state index in [1.165, 1.54) is 0 Å². The maximum absolute atomic E-state index is 13.6. The quantitative estimate of drug-likeness (QED) is 0.414. The van der Waals surface area contributed by atoms with Gasteiger partial charge in [-0.15, -0.1) is 0 Å². The summed E-state index contributed by atoms with van der Waals surface area (Å²) in [6.07, 6.45) is 4.08. The molecule has 2 amide bonds. The Kier molecular flexibility index (Phi) is 9.49. The third kappa shape index (κ3) is 6.58. The Bertz CT molecular complexity index is 1000. The fourth-order valence-corrected chi connectivity index (χ4v) is 5.89. The average molecular weight is 531 g/mol. The van der Waals surface area contributed by atoms with Crippen LogP contribution in [0.25, 0.3) is 0 Å². The minimum atomic E-state index is -0.909. The Morgan fingerprint density at radius 3 is 2.55 bits per heavy atom. The summed E-state index contributed by atoms with van der Waals surface area (Å²) in [5.41, 5.74) is 0.850. The molecule has 2 saturated heterocycles. The Morgan fingerprint density at radius 2 is 1.87 bits per heavy atom. The molecule has 0 aromatic heterocycles. The zero-order valence-electron chi connectivity index (χ0n) is 22.9. The summed E-state index contributed by atoms with van der Waals surface area (Å²) in [5.74, 6) is -0.670. The van der Waals surface area contributed by atoms with Crippen LogP contribution in [0.1, 0.15) is 50.5 Å². The summed E-state index contributed by atoms with van der Waals surface area (Å²) in [6, 6.07) is 5.12. The van der Waals surface area contributed by atoms with Crippen molar-refractivity contribution in [3.63, 3.8) is 0 Å². The molecule has 3 atom stereocenters. The van der Waals surface area contributed by atoms with Crippen molar-refractivity contribution in [2.75, 3.05) is 66.7 Å². The molecule has 38 heavy (non-hydrogen) atoms. The van der Waals surface area contributed by atoms with Gasteiger partial charge in [0.15, 0.2) is 11.5 Å². The van der Waals surface area contributed by atoms with Crippen molar-refractivity contribution in [2.45, 2.75) is 51.0 Å². The molecule has 1 N–H and O–H groups in total. The van der Waals surface area contributed by atoms with Crippen LogP contribution >= 0.6 is 0 Å². The molecular formula is C28H42N4O6. The number of carboxylic acids is 1. The number of unbranched alkanes of at least 4 members (excludes halogenated alkanes) is 1. The predicted molar refractivity (Wildman–Crippen MR) is 142 cm³/mol. The van der Waals surface area contributed by atoms with E-state index in [-0.39, 0.29) is 31.1 Å². The number of amides is 2. The highest BCUT2D eigenvalue weighted by atomic mass is 16.7. The highest BCUT2D eigenvalue weighted by Crippen LogP contribution is 2.42. The van der Waals surface area contributed by atoms with Gasteiger partial charge >= 0.3 is 5.97 Å². The standard InChI is InChI=1S/C28H42N4O6/c1-4-5-12-30(14-7-11-29(2)3)26(34)18-32-16-21(20-9-10-23-24(15-20)38-19-37-23)27(28(35)36)22(32)17-31-13-6-8-25(31)33/h9-10,15,21-22,27H,4-8,11-14,16-19H2,1-3H3,(H,35,36)/t21-,22+,27-/m1/s1. The number of nitrogens with zero attached hydrogens (tertiary/aromatic N) is 4. The first-order chi connectivity index (χ1) is 18.3. The highest BCUT2D eigenvalue weighted by Gasteiger charge is 2.48. The lowest BCUT2D eigenvalue weighted by Crippen LogP contribution is -2.49. The summed E-state index contributed by atoms with van der Waals surface area (Å²) >= 11 is 0. The van der Waals surface area contributed by atoms with E-state index in [2.05, 4.69) is 11.8 Å². The summed E-state index contributed by atoms with van der Waals surface area (Å²) in [6.45, 7) is 6.04. The number of likely N-dealkylation sites (tertiary alicyclic amines) is 2. The van der Waals surface area contributed by atoms with Crippen molar-refractivity contribution in [3.8, 4) is 11.5 Å². The lowest BCUT2D eigenvalue weighted by Gasteiger charge is -2.32. The first-order valence-corrected chi connectivity index (χ1v) is 13.8. The number of hydrogen-bond donors (Lipinski definition) is 1. The zero-order valence-corrected chi connectivity index (χ0v) is 22.9. The minimum Gasteiger partial charge on any atom is -0.481 e. The van der Waals surface area contributed by atoms with Gasteiger partial charge in [-0.05, 0) is 57.6 Å². The molecule has 2 fully saturated rings. The lowest BCUT2D eigenvalue weighted by atomic mass is 9.85. The van der Waals surface area contributed by atoms with Gasteiger partial charge in [0.25, 0.3) is 0 Å². The van der Waals surface area contributed by atoms with Crippen LogP contribution in [-0.2, 0) is 14.4 Å². The van der Waals surface area contributed by atoms with Gasteiger partial charge in [0.05, 0.1) is 12.5 Å². The highest BCUT2D eigenvalue weighted by molar-refractivity contribution is 5.80. The molecule has 0 unspecified atom stereocenters. The maximum Gasteiger partial charge on any atom is 0.308 e. The fourth-order valence-electron chi connectivity index (χ4n) is 5.89. The number of carbonyl (C=O) groups excluding carboxylic acids is 2. The lowest BCUT2D eigenvalue weighted by molar-refractivity contribution is -0.144. The van der Waals surface area contributed by atoms with Gasteiger partial charge in [-0.3, -0.25) is 19.3 Å². The number of fused-ring (bicyclic) bond motifs is 1. The number of rotatable bonds is 13. The van der Waals surface area contributed by atoms with Crippen molar-refractivity contribution in [3.05, 3.63) is 23.8 Å². The molecule has 0 bridgehead atoms. The molecule has 0 saturated carbocycles. The average Bonchev–Trinajstić information content (AvgIpc) is 3.60. The van der Waals surface area contributed by atoms with Crippen molar-refractivity contribution in [1.29, 1.82) is 0 Å². The number of benzene rings is 1. The maximum atomic E-state index is 13.6. The third-order valence-corrected chi connectivity index (χ3v) is 7.94. The molecule has 0 radical (unpaired) electrons. The summed E-state index contributed by atoms with van der Waals surface area (Å²) in [7, 11) is 4.05. The first kappa shape index (κ1) is 28.2. The Morgan fingerprint density at radius 1 is 1.11 bits per heavy atom. The molecule has 3 aliphatic rings. The van der Waals surface area contributed by atoms with E-state index in [1.807, 2.05) is 42.1 Å². The Balaban J connectivity index is 1.57. The predicted octanol–water partition coefficient (Wildman–Crippen LogP) is 2.09. The molecule has 0 spiro atoms. The van der Waals surface area contributed by atoms with Gasteiger partial charge in [-0.25, -0.2) is 0 Å². The number of hydrogen-bond acceptors (Lipinski definition) is 7. The van der Waals surface area contributed by atoms with Gasteiger partial charge in [0, 0.05) is 51.1 Å². The molecule has 10 heteroatoms. The van der Waals surface area contributed by atoms with Gasteiger partial charge < -0.3 is 29.3 Å². The van der Waals surface area contributed by atoms with Gasteiger partial charge in [0.1, 0.15) is 0 Å². The van der Waals surface area contributed by atoms with Crippen LogP contribution in [0.4, 0.5) is 0 Å². The third-order valence-electron chi connectivity index (χ3n) is 7.94. The van der Waals surface area contributed by atoms with Crippen molar-refractivity contribution >= 4 is 17.8 Å².